The third kappa shape index (κ3) is 10.3. The van der Waals surface area contributed by atoms with E-state index in [1.54, 1.807) is 5.56 Å². The van der Waals surface area contributed by atoms with E-state index in [1.807, 2.05) is 48.7 Å². The number of hydrogen-bond donors (Lipinski definition) is 4. The summed E-state index contributed by atoms with van der Waals surface area (Å²) in [5.74, 6) is 4.81. The molecule has 0 radical (unpaired) electrons. The van der Waals surface area contributed by atoms with Crippen LogP contribution in [0.25, 0.3) is 74.9 Å². The average Bonchev–Trinajstić information content (AvgIpc) is 4.30. The molecule has 0 saturated heterocycles. The number of rotatable bonds is 8. The van der Waals surface area contributed by atoms with Crippen LogP contribution in [0, 0.1) is 0 Å². The molecule has 406 valence electrons. The number of hydrogen-bond acceptors (Lipinski definition) is 5. The summed E-state index contributed by atoms with van der Waals surface area (Å²) >= 11 is 3.77. The van der Waals surface area contributed by atoms with E-state index in [-0.39, 0.29) is 11.5 Å². The summed E-state index contributed by atoms with van der Waals surface area (Å²) in [5.41, 5.74) is 17.5. The monoisotopic (exact) mass is 1070 g/mol. The van der Waals surface area contributed by atoms with Crippen LogP contribution in [0.4, 0.5) is 0 Å². The smallest absolute Gasteiger partial charge is 0.259 e. The Labute approximate surface area is 470 Å². The minimum absolute atomic E-state index is 0.0494. The highest BCUT2D eigenvalue weighted by Crippen LogP contribution is 2.59. The molecule has 7 nitrogen and oxygen atoms in total. The van der Waals surface area contributed by atoms with E-state index in [4.69, 9.17) is 4.98 Å². The second-order valence-corrected chi connectivity index (χ2v) is 27.0. The van der Waals surface area contributed by atoms with Gasteiger partial charge >= 0.3 is 0 Å². The lowest BCUT2D eigenvalue weighted by atomic mass is 9.64. The molecule has 0 amide bonds. The second-order valence-electron chi connectivity index (χ2n) is 24.9. The summed E-state index contributed by atoms with van der Waals surface area (Å²) in [7, 11) is 0. The highest BCUT2D eigenvalue weighted by Gasteiger charge is 2.49. The maximum atomic E-state index is 12.4. The molecule has 1 saturated carbocycles. The zero-order valence-corrected chi connectivity index (χ0v) is 50.7. The van der Waals surface area contributed by atoms with Crippen LogP contribution in [0.3, 0.4) is 0 Å². The lowest BCUT2D eigenvalue weighted by Gasteiger charge is -2.40. The van der Waals surface area contributed by atoms with Crippen molar-refractivity contribution >= 4 is 86.5 Å². The minimum Gasteiger partial charge on any atom is -0.361 e. The maximum absolute atomic E-state index is 12.4. The Morgan fingerprint density at radius 2 is 1.05 bits per heavy atom. The largest absolute Gasteiger partial charge is 0.361 e. The van der Waals surface area contributed by atoms with Gasteiger partial charge in [-0.25, -0.2) is 9.97 Å². The van der Waals surface area contributed by atoms with Crippen molar-refractivity contribution in [2.75, 3.05) is 0 Å². The third-order valence-corrected chi connectivity index (χ3v) is 19.3. The van der Waals surface area contributed by atoms with Gasteiger partial charge in [-0.3, -0.25) is 4.79 Å². The molecule has 0 aliphatic heterocycles. The Kier molecular flexibility index (Phi) is 15.3. The number of nitrogens with zero attached hydrogens (tertiary/aromatic N) is 2. The zero-order valence-electron chi connectivity index (χ0n) is 49.1. The van der Waals surface area contributed by atoms with Gasteiger partial charge in [0, 0.05) is 77.0 Å². The predicted molar refractivity (Wildman–Crippen MR) is 339 cm³/mol. The van der Waals surface area contributed by atoms with Gasteiger partial charge in [0.1, 0.15) is 5.82 Å². The van der Waals surface area contributed by atoms with Crippen molar-refractivity contribution in [3.8, 4) is 11.1 Å². The summed E-state index contributed by atoms with van der Waals surface area (Å²) in [5, 5.41) is 8.07. The first kappa shape index (κ1) is 55.0. The average molecular weight is 1080 g/mol. The summed E-state index contributed by atoms with van der Waals surface area (Å²) in [6.45, 7) is 35.4. The molecule has 0 unspecified atom stereocenters. The second kappa shape index (κ2) is 21.7. The summed E-state index contributed by atoms with van der Waals surface area (Å²) in [6, 6.07) is 35.6. The Balaban J connectivity index is 0.000000118. The topological polar surface area (TPSA) is 106 Å². The number of H-pyrrole nitrogens is 4. The first-order chi connectivity index (χ1) is 37.1. The van der Waals surface area contributed by atoms with Crippen LogP contribution < -0.4 is 5.56 Å². The van der Waals surface area contributed by atoms with Crippen LogP contribution in [0.1, 0.15) is 233 Å². The van der Waals surface area contributed by atoms with E-state index in [0.29, 0.717) is 52.2 Å². The fourth-order valence-electron chi connectivity index (χ4n) is 11.3. The molecule has 6 heterocycles. The van der Waals surface area contributed by atoms with Crippen molar-refractivity contribution in [2.45, 2.75) is 183 Å². The number of nitrogens with one attached hydrogen (secondary N) is 4. The van der Waals surface area contributed by atoms with E-state index < -0.39 is 0 Å². The van der Waals surface area contributed by atoms with Crippen molar-refractivity contribution < 1.29 is 0 Å². The van der Waals surface area contributed by atoms with Gasteiger partial charge in [-0.2, -0.15) is 0 Å². The molecule has 9 heteroatoms. The van der Waals surface area contributed by atoms with Gasteiger partial charge in [0.15, 0.2) is 0 Å². The fraction of sp³-hybridized carbons (Fsp3) is 0.406. The van der Waals surface area contributed by atoms with Gasteiger partial charge < -0.3 is 19.9 Å². The summed E-state index contributed by atoms with van der Waals surface area (Å²) in [4.78, 5) is 37.0. The van der Waals surface area contributed by atoms with Crippen LogP contribution in [0.15, 0.2) is 102 Å². The molecule has 5 aromatic carbocycles. The van der Waals surface area contributed by atoms with Gasteiger partial charge in [0.2, 0.25) is 0 Å². The number of fused-ring (bicyclic) bond motifs is 14. The summed E-state index contributed by atoms with van der Waals surface area (Å²) < 4.78 is 2.75. The summed E-state index contributed by atoms with van der Waals surface area (Å²) in [6.07, 6.45) is 3.99. The van der Waals surface area contributed by atoms with E-state index in [2.05, 4.69) is 207 Å². The Morgan fingerprint density at radius 1 is 0.462 bits per heavy atom. The maximum Gasteiger partial charge on any atom is 0.259 e. The van der Waals surface area contributed by atoms with Gasteiger partial charge in [-0.1, -0.05) is 166 Å². The van der Waals surface area contributed by atoms with Crippen molar-refractivity contribution in [3.63, 3.8) is 0 Å². The van der Waals surface area contributed by atoms with E-state index in [0.717, 1.165) is 27.6 Å². The van der Waals surface area contributed by atoms with Gasteiger partial charge in [0.25, 0.3) is 5.56 Å². The minimum atomic E-state index is -0.0494. The van der Waals surface area contributed by atoms with Crippen molar-refractivity contribution in [1.82, 2.24) is 29.9 Å². The molecular formula is C69H82N6OS2. The molecule has 4 N–H and O–H groups in total. The molecule has 11 aromatic rings. The number of thiophene rings is 1. The highest BCUT2D eigenvalue weighted by molar-refractivity contribution is 7.20. The molecule has 2 aliphatic carbocycles. The number of benzene rings is 5. The third-order valence-electron chi connectivity index (χ3n) is 16.4. The van der Waals surface area contributed by atoms with Gasteiger partial charge in [-0.15, -0.1) is 22.7 Å². The van der Waals surface area contributed by atoms with Crippen LogP contribution in [0.2, 0.25) is 0 Å². The van der Waals surface area contributed by atoms with Crippen molar-refractivity contribution in [2.24, 2.45) is 0 Å². The molecule has 2 aliphatic rings. The van der Waals surface area contributed by atoms with Crippen LogP contribution in [-0.2, 0) is 5.41 Å². The Hall–Kier alpha value is -6.29. The quantitative estimate of drug-likeness (QED) is 0.114. The zero-order chi connectivity index (χ0) is 55.6. The van der Waals surface area contributed by atoms with Crippen LogP contribution >= 0.6 is 22.7 Å². The number of thiazole rings is 1. The molecular weight excluding hydrogens is 993 g/mol. The Bertz CT molecular complexity index is 3780. The van der Waals surface area contributed by atoms with Gasteiger partial charge in [0.05, 0.1) is 26.1 Å². The molecule has 13 rings (SSSR count). The number of aromatic nitrogens is 6. The van der Waals surface area contributed by atoms with E-state index in [9.17, 15) is 4.79 Å². The fourth-order valence-corrected chi connectivity index (χ4v) is 13.5. The highest BCUT2D eigenvalue weighted by atomic mass is 32.1. The lowest BCUT2D eigenvalue weighted by Crippen LogP contribution is -2.34. The molecule has 1 fully saturated rings. The molecule has 0 bridgehead atoms. The molecule has 1 spiro atoms. The molecule has 78 heavy (non-hydrogen) atoms. The first-order valence-electron chi connectivity index (χ1n) is 28.9. The standard InChI is InChI=1S/C20H25N.C18H20N2O.C16H19NS.C15H18N2S/c1-12(2)14-6-7-15-16-11-18(13(3)4)21-19(16)20(8-5-9-20)17(15)10-14;1-10(2)12-5-7-14-13(9-12)6-8-15-16(14)18(21)20-17(19-15)11(3)4;1-9(2)14-8-12-13(17-14)6-5-11-7-15(10(3)4)18-16(11)12;1-8(2)13-7-10-11(16-13)5-6-12-14(10)18-15(17-12)9(3)4/h6-7,10-13,21H,5,8-9H2,1-4H3;5-11H,1-4H3,(H,19,20,21);5-10,17H,1-4H3;5-9,16H,1-4H3. The van der Waals surface area contributed by atoms with Gasteiger partial charge in [-0.05, 0) is 135 Å². The molecule has 0 atom stereocenters. The Morgan fingerprint density at radius 3 is 1.64 bits per heavy atom. The van der Waals surface area contributed by atoms with Crippen molar-refractivity contribution in [1.29, 1.82) is 0 Å². The predicted octanol–water partition coefficient (Wildman–Crippen LogP) is 20.7. The van der Waals surface area contributed by atoms with Crippen LogP contribution in [0.5, 0.6) is 0 Å². The number of aromatic amines is 4. The lowest BCUT2D eigenvalue weighted by molar-refractivity contribution is 0.301. The normalized spacial score (nSPS) is 13.8. The first-order valence-corrected chi connectivity index (χ1v) is 30.6. The van der Waals surface area contributed by atoms with E-state index >= 15 is 0 Å². The molecule has 6 aromatic heterocycles. The van der Waals surface area contributed by atoms with E-state index in [1.165, 1.54) is 111 Å². The van der Waals surface area contributed by atoms with Crippen molar-refractivity contribution in [3.05, 3.63) is 163 Å². The SMILES string of the molecule is CC(C)c1cc2c(ccc3cc(C(C)C)sc32)[nH]1.CC(C)c1cc2c(ccc3nc(C(C)C)sc32)[nH]1.CC(C)c1ccc2c(c1)C1(CCC1)c1[nH]c(C(C)C)cc1-2.CC(C)c1ccc2c(ccc3nc(C(C)C)[nH]c(=O)c32)c1. The van der Waals surface area contributed by atoms with Crippen LogP contribution in [-0.4, -0.2) is 29.9 Å².